The van der Waals surface area contributed by atoms with Gasteiger partial charge in [-0.2, -0.15) is 4.39 Å². The molecule has 1 atom stereocenters. The Balaban J connectivity index is 1.99. The number of hydrogen-bond donors (Lipinski definition) is 0. The molecule has 0 radical (unpaired) electrons. The van der Waals surface area contributed by atoms with E-state index in [1.807, 2.05) is 48.5 Å². The third-order valence-electron chi connectivity index (χ3n) is 4.12. The second-order valence-corrected chi connectivity index (χ2v) is 5.46. The Morgan fingerprint density at radius 1 is 0.826 bits per heavy atom. The quantitative estimate of drug-likeness (QED) is 0.617. The van der Waals surface area contributed by atoms with E-state index in [1.54, 1.807) is 24.3 Å². The van der Waals surface area contributed by atoms with E-state index >= 15 is 0 Å². The third-order valence-corrected chi connectivity index (χ3v) is 4.12. The highest BCUT2D eigenvalue weighted by atomic mass is 19.1. The van der Waals surface area contributed by atoms with Crippen LogP contribution in [0.15, 0.2) is 72.8 Å². The molecule has 0 N–H and O–H groups in total. The van der Waals surface area contributed by atoms with E-state index < -0.39 is 12.0 Å². The molecule has 112 valence electrons. The SMILES string of the molecule is O=C(F)C1c2ccccc2Oc2cccc(-c3ccccc3)c21. The van der Waals surface area contributed by atoms with Crippen LogP contribution in [-0.2, 0) is 4.79 Å². The summed E-state index contributed by atoms with van der Waals surface area (Å²) < 4.78 is 19.8. The number of halogens is 1. The minimum Gasteiger partial charge on any atom is -0.457 e. The summed E-state index contributed by atoms with van der Waals surface area (Å²) in [6.45, 7) is 0. The standard InChI is InChI=1S/C20H13FO2/c21-20(22)19-15-9-4-5-11-16(15)23-17-12-6-10-14(18(17)19)13-7-2-1-3-8-13/h1-12,19H. The lowest BCUT2D eigenvalue weighted by Gasteiger charge is -2.27. The van der Waals surface area contributed by atoms with Crippen LogP contribution in [0.5, 0.6) is 11.5 Å². The van der Waals surface area contributed by atoms with Crippen LogP contribution in [0.1, 0.15) is 17.0 Å². The number of carbonyl (C=O) groups is 1. The summed E-state index contributed by atoms with van der Waals surface area (Å²) in [5, 5.41) is 0. The van der Waals surface area contributed by atoms with Gasteiger partial charge in [0, 0.05) is 11.1 Å². The molecule has 1 aliphatic heterocycles. The van der Waals surface area contributed by atoms with E-state index in [0.29, 0.717) is 22.6 Å². The average molecular weight is 304 g/mol. The van der Waals surface area contributed by atoms with E-state index in [0.717, 1.165) is 11.1 Å². The highest BCUT2D eigenvalue weighted by Crippen LogP contribution is 2.48. The zero-order chi connectivity index (χ0) is 15.8. The zero-order valence-electron chi connectivity index (χ0n) is 12.2. The van der Waals surface area contributed by atoms with Gasteiger partial charge in [0.05, 0.1) is 0 Å². The highest BCUT2D eigenvalue weighted by Gasteiger charge is 2.34. The Kier molecular flexibility index (Phi) is 3.19. The van der Waals surface area contributed by atoms with Crippen LogP contribution < -0.4 is 4.74 Å². The van der Waals surface area contributed by atoms with Gasteiger partial charge in [-0.05, 0) is 23.3 Å². The van der Waals surface area contributed by atoms with Crippen LogP contribution in [0.25, 0.3) is 11.1 Å². The van der Waals surface area contributed by atoms with Crippen molar-refractivity contribution in [3.8, 4) is 22.6 Å². The molecule has 0 amide bonds. The maximum Gasteiger partial charge on any atom is 0.313 e. The Labute approximate surface area is 133 Å². The second-order valence-electron chi connectivity index (χ2n) is 5.46. The van der Waals surface area contributed by atoms with Crippen molar-refractivity contribution in [1.29, 1.82) is 0 Å². The lowest BCUT2D eigenvalue weighted by Crippen LogP contribution is -2.17. The first-order valence-corrected chi connectivity index (χ1v) is 7.40. The van der Waals surface area contributed by atoms with Crippen LogP contribution in [-0.4, -0.2) is 6.04 Å². The summed E-state index contributed by atoms with van der Waals surface area (Å²) in [5.74, 6) is 0.105. The van der Waals surface area contributed by atoms with Gasteiger partial charge in [0.25, 0.3) is 0 Å². The molecule has 23 heavy (non-hydrogen) atoms. The maximum absolute atomic E-state index is 13.9. The van der Waals surface area contributed by atoms with Gasteiger partial charge in [0.2, 0.25) is 0 Å². The van der Waals surface area contributed by atoms with Crippen LogP contribution in [0.3, 0.4) is 0 Å². The summed E-state index contributed by atoms with van der Waals surface area (Å²) >= 11 is 0. The molecule has 0 aromatic heterocycles. The fraction of sp³-hybridized carbons (Fsp3) is 0.0500. The summed E-state index contributed by atoms with van der Waals surface area (Å²) in [5.41, 5.74) is 2.90. The lowest BCUT2D eigenvalue weighted by atomic mass is 9.83. The minimum absolute atomic E-state index is 0.529. The van der Waals surface area contributed by atoms with Crippen LogP contribution in [0.4, 0.5) is 4.39 Å². The van der Waals surface area contributed by atoms with Crippen molar-refractivity contribution >= 4 is 6.04 Å². The van der Waals surface area contributed by atoms with E-state index in [-0.39, 0.29) is 0 Å². The Hall–Kier alpha value is -2.94. The average Bonchev–Trinajstić information content (AvgIpc) is 2.59. The number of hydrogen-bond acceptors (Lipinski definition) is 2. The first-order valence-electron chi connectivity index (χ1n) is 7.40. The fourth-order valence-corrected chi connectivity index (χ4v) is 3.12. The number of ether oxygens (including phenoxy) is 1. The number of fused-ring (bicyclic) bond motifs is 2. The molecule has 0 fully saturated rings. The molecule has 0 aliphatic carbocycles. The van der Waals surface area contributed by atoms with Crippen molar-refractivity contribution in [2.45, 2.75) is 5.92 Å². The second kappa shape index (κ2) is 5.36. The minimum atomic E-state index is -1.37. The van der Waals surface area contributed by atoms with E-state index in [9.17, 15) is 9.18 Å². The Morgan fingerprint density at radius 2 is 1.52 bits per heavy atom. The summed E-state index contributed by atoms with van der Waals surface area (Å²) in [7, 11) is 0. The molecular formula is C20H13FO2. The molecule has 3 heteroatoms. The highest BCUT2D eigenvalue weighted by molar-refractivity contribution is 5.89. The predicted molar refractivity (Wildman–Crippen MR) is 86.4 cm³/mol. The largest absolute Gasteiger partial charge is 0.457 e. The van der Waals surface area contributed by atoms with Gasteiger partial charge in [-0.3, -0.25) is 4.79 Å². The smallest absolute Gasteiger partial charge is 0.313 e. The molecule has 0 bridgehead atoms. The van der Waals surface area contributed by atoms with Crippen molar-refractivity contribution in [2.75, 3.05) is 0 Å². The van der Waals surface area contributed by atoms with Gasteiger partial charge in [0.15, 0.2) is 0 Å². The molecule has 4 rings (SSSR count). The zero-order valence-corrected chi connectivity index (χ0v) is 12.2. The monoisotopic (exact) mass is 304 g/mol. The molecular weight excluding hydrogens is 291 g/mol. The van der Waals surface area contributed by atoms with Crippen molar-refractivity contribution in [3.05, 3.63) is 83.9 Å². The predicted octanol–water partition coefficient (Wildman–Crippen LogP) is 5.09. The number of para-hydroxylation sites is 1. The van der Waals surface area contributed by atoms with E-state index in [2.05, 4.69) is 0 Å². The summed E-state index contributed by atoms with van der Waals surface area (Å²) in [6, 6.07) is 20.9. The molecule has 3 aromatic rings. The van der Waals surface area contributed by atoms with E-state index in [1.165, 1.54) is 0 Å². The molecule has 0 saturated heterocycles. The van der Waals surface area contributed by atoms with Crippen molar-refractivity contribution < 1.29 is 13.9 Å². The molecule has 3 aromatic carbocycles. The number of carbonyl (C=O) groups excluding carboxylic acids is 1. The molecule has 2 nitrogen and oxygen atoms in total. The molecule has 1 heterocycles. The van der Waals surface area contributed by atoms with Gasteiger partial charge in [-0.25, -0.2) is 0 Å². The van der Waals surface area contributed by atoms with Crippen molar-refractivity contribution in [1.82, 2.24) is 0 Å². The normalized spacial score (nSPS) is 15.3. The van der Waals surface area contributed by atoms with Crippen LogP contribution in [0, 0.1) is 0 Å². The topological polar surface area (TPSA) is 26.3 Å². The van der Waals surface area contributed by atoms with Gasteiger partial charge in [0.1, 0.15) is 17.4 Å². The van der Waals surface area contributed by atoms with Gasteiger partial charge in [-0.1, -0.05) is 60.7 Å². The molecule has 0 saturated carbocycles. The molecule has 1 aliphatic rings. The first kappa shape index (κ1) is 13.7. The van der Waals surface area contributed by atoms with Gasteiger partial charge in [-0.15, -0.1) is 0 Å². The third kappa shape index (κ3) is 2.21. The summed E-state index contributed by atoms with van der Waals surface area (Å²) in [6.07, 6.45) is 0. The van der Waals surface area contributed by atoms with Crippen molar-refractivity contribution in [2.24, 2.45) is 0 Å². The first-order chi connectivity index (χ1) is 11.3. The molecule has 0 spiro atoms. The fourth-order valence-electron chi connectivity index (χ4n) is 3.12. The van der Waals surface area contributed by atoms with Gasteiger partial charge >= 0.3 is 6.04 Å². The van der Waals surface area contributed by atoms with Crippen LogP contribution >= 0.6 is 0 Å². The molecule has 1 unspecified atom stereocenters. The number of rotatable bonds is 2. The maximum atomic E-state index is 13.9. The van der Waals surface area contributed by atoms with Gasteiger partial charge < -0.3 is 4.74 Å². The van der Waals surface area contributed by atoms with Crippen LogP contribution in [0.2, 0.25) is 0 Å². The van der Waals surface area contributed by atoms with E-state index in [4.69, 9.17) is 4.74 Å². The lowest BCUT2D eigenvalue weighted by molar-refractivity contribution is -0.130. The Bertz CT molecular complexity index is 887. The number of benzene rings is 3. The summed E-state index contributed by atoms with van der Waals surface area (Å²) in [4.78, 5) is 11.8. The van der Waals surface area contributed by atoms with Crippen molar-refractivity contribution in [3.63, 3.8) is 0 Å². The Morgan fingerprint density at radius 3 is 2.30 bits per heavy atom.